The van der Waals surface area contributed by atoms with E-state index in [1.165, 1.54) is 0 Å². The molecule has 0 aromatic heterocycles. The lowest BCUT2D eigenvalue weighted by atomic mass is 10.0. The molecule has 2 N–H and O–H groups in total. The molecule has 0 aromatic rings. The highest BCUT2D eigenvalue weighted by Crippen LogP contribution is 2.14. The van der Waals surface area contributed by atoms with Crippen LogP contribution in [0.5, 0.6) is 0 Å². The van der Waals surface area contributed by atoms with Crippen LogP contribution < -0.4 is 5.73 Å². The molecule has 0 aromatic carbocycles. The van der Waals surface area contributed by atoms with Gasteiger partial charge in [0.1, 0.15) is 6.10 Å². The van der Waals surface area contributed by atoms with Gasteiger partial charge in [0.2, 0.25) is 0 Å². The minimum absolute atomic E-state index is 0.109. The Hall–Kier alpha value is -0.450. The lowest BCUT2D eigenvalue weighted by molar-refractivity contribution is -0.134. The van der Waals surface area contributed by atoms with Crippen molar-refractivity contribution >= 4 is 5.78 Å². The van der Waals surface area contributed by atoms with Gasteiger partial charge in [0, 0.05) is 26.2 Å². The zero-order chi connectivity index (χ0) is 10.4. The number of ether oxygens (including phenoxy) is 2. The Labute approximate surface area is 84.7 Å². The number of rotatable bonds is 5. The van der Waals surface area contributed by atoms with Crippen molar-refractivity contribution in [2.45, 2.75) is 37.8 Å². The molecule has 1 saturated heterocycles. The third-order valence-corrected chi connectivity index (χ3v) is 2.44. The van der Waals surface area contributed by atoms with Gasteiger partial charge in [0.25, 0.3) is 0 Å². The topological polar surface area (TPSA) is 61.5 Å². The van der Waals surface area contributed by atoms with Crippen LogP contribution >= 0.6 is 0 Å². The highest BCUT2D eigenvalue weighted by Gasteiger charge is 2.24. The third-order valence-electron chi connectivity index (χ3n) is 2.44. The Morgan fingerprint density at radius 3 is 2.93 bits per heavy atom. The molecule has 0 radical (unpaired) electrons. The summed E-state index contributed by atoms with van der Waals surface area (Å²) < 4.78 is 10.3. The van der Waals surface area contributed by atoms with Gasteiger partial charge in [-0.3, -0.25) is 4.79 Å². The van der Waals surface area contributed by atoms with Crippen molar-refractivity contribution in [3.63, 3.8) is 0 Å². The lowest BCUT2D eigenvalue weighted by Crippen LogP contribution is -2.38. The Bertz CT molecular complexity index is 176. The Morgan fingerprint density at radius 1 is 1.57 bits per heavy atom. The van der Waals surface area contributed by atoms with Gasteiger partial charge in [-0.25, -0.2) is 0 Å². The smallest absolute Gasteiger partial charge is 0.161 e. The predicted molar refractivity (Wildman–Crippen MR) is 53.1 cm³/mol. The molecule has 1 rings (SSSR count). The number of ketones is 1. The molecule has 0 unspecified atom stereocenters. The molecule has 0 saturated carbocycles. The number of hydrogen-bond donors (Lipinski definition) is 1. The summed E-state index contributed by atoms with van der Waals surface area (Å²) in [6.45, 7) is 1.15. The molecule has 0 spiro atoms. The quantitative estimate of drug-likeness (QED) is 0.657. The number of carbonyl (C=O) groups excluding carboxylic acids is 1. The summed E-state index contributed by atoms with van der Waals surface area (Å²) in [5, 5.41) is 0. The molecule has 1 heterocycles. The third kappa shape index (κ3) is 3.74. The van der Waals surface area contributed by atoms with E-state index < -0.39 is 0 Å². The predicted octanol–water partition coefficient (Wildman–Crippen LogP) is 0.488. The van der Waals surface area contributed by atoms with E-state index in [1.807, 2.05) is 0 Å². The normalized spacial score (nSPS) is 27.6. The van der Waals surface area contributed by atoms with Crippen LogP contribution in [0.2, 0.25) is 0 Å². The Morgan fingerprint density at radius 2 is 2.36 bits per heavy atom. The van der Waals surface area contributed by atoms with E-state index in [4.69, 9.17) is 15.2 Å². The number of Topliss-reactive ketones (excluding diaryl/α,β-unsaturated/α-hetero) is 1. The van der Waals surface area contributed by atoms with Gasteiger partial charge in [0.15, 0.2) is 5.78 Å². The van der Waals surface area contributed by atoms with Crippen LogP contribution in [0.15, 0.2) is 0 Å². The summed E-state index contributed by atoms with van der Waals surface area (Å²) >= 11 is 0. The van der Waals surface area contributed by atoms with Crippen LogP contribution in [-0.2, 0) is 14.3 Å². The number of methoxy groups -OCH3 is 1. The maximum absolute atomic E-state index is 11.6. The van der Waals surface area contributed by atoms with E-state index in [2.05, 4.69) is 0 Å². The van der Waals surface area contributed by atoms with Crippen molar-refractivity contribution in [3.05, 3.63) is 0 Å². The molecule has 4 heteroatoms. The van der Waals surface area contributed by atoms with Crippen LogP contribution in [0.1, 0.15) is 25.7 Å². The van der Waals surface area contributed by atoms with Gasteiger partial charge >= 0.3 is 0 Å². The summed E-state index contributed by atoms with van der Waals surface area (Å²) in [6.07, 6.45) is 2.77. The summed E-state index contributed by atoms with van der Waals surface area (Å²) in [4.78, 5) is 11.6. The summed E-state index contributed by atoms with van der Waals surface area (Å²) in [5.41, 5.74) is 5.66. The maximum Gasteiger partial charge on any atom is 0.161 e. The molecule has 1 aliphatic rings. The van der Waals surface area contributed by atoms with Crippen molar-refractivity contribution in [2.24, 2.45) is 5.73 Å². The molecular weight excluding hydrogens is 182 g/mol. The summed E-state index contributed by atoms with van der Waals surface area (Å²) in [5.74, 6) is 0.189. The van der Waals surface area contributed by atoms with Gasteiger partial charge in [-0.2, -0.15) is 0 Å². The molecule has 4 nitrogen and oxygen atoms in total. The molecule has 0 amide bonds. The fourth-order valence-corrected chi connectivity index (χ4v) is 1.58. The fraction of sp³-hybridized carbons (Fsp3) is 0.900. The van der Waals surface area contributed by atoms with Crippen LogP contribution in [0.25, 0.3) is 0 Å². The highest BCUT2D eigenvalue weighted by molar-refractivity contribution is 5.83. The zero-order valence-electron chi connectivity index (χ0n) is 8.70. The number of carbonyl (C=O) groups is 1. The number of hydrogen-bond acceptors (Lipinski definition) is 4. The van der Waals surface area contributed by atoms with E-state index in [1.54, 1.807) is 7.11 Å². The zero-order valence-corrected chi connectivity index (χ0v) is 8.70. The molecule has 82 valence electrons. The van der Waals surface area contributed by atoms with Crippen molar-refractivity contribution in [1.29, 1.82) is 0 Å². The Balaban J connectivity index is 2.17. The van der Waals surface area contributed by atoms with Crippen molar-refractivity contribution < 1.29 is 14.3 Å². The molecule has 0 bridgehead atoms. The van der Waals surface area contributed by atoms with Gasteiger partial charge in [-0.15, -0.1) is 0 Å². The molecule has 0 aliphatic carbocycles. The minimum Gasteiger partial charge on any atom is -0.385 e. The largest absolute Gasteiger partial charge is 0.385 e. The SMILES string of the molecule is COCCCC(=O)[C@@H]1CC[C@@H](N)CO1. The summed E-state index contributed by atoms with van der Waals surface area (Å²) in [6, 6.07) is 0.109. The molecular formula is C10H19NO3. The molecule has 1 fully saturated rings. The Kier molecular flexibility index (Phi) is 5.07. The van der Waals surface area contributed by atoms with Crippen LogP contribution in [0.3, 0.4) is 0 Å². The maximum atomic E-state index is 11.6. The van der Waals surface area contributed by atoms with E-state index in [0.29, 0.717) is 19.6 Å². The first-order chi connectivity index (χ1) is 6.74. The monoisotopic (exact) mass is 201 g/mol. The molecule has 14 heavy (non-hydrogen) atoms. The van der Waals surface area contributed by atoms with Gasteiger partial charge in [-0.1, -0.05) is 0 Å². The van der Waals surface area contributed by atoms with E-state index >= 15 is 0 Å². The number of nitrogens with two attached hydrogens (primary N) is 1. The van der Waals surface area contributed by atoms with Crippen LogP contribution in [0.4, 0.5) is 0 Å². The first kappa shape index (κ1) is 11.6. The summed E-state index contributed by atoms with van der Waals surface area (Å²) in [7, 11) is 1.64. The van der Waals surface area contributed by atoms with E-state index in [0.717, 1.165) is 19.3 Å². The van der Waals surface area contributed by atoms with E-state index in [-0.39, 0.29) is 17.9 Å². The van der Waals surface area contributed by atoms with Crippen molar-refractivity contribution in [3.8, 4) is 0 Å². The standard InChI is InChI=1S/C10H19NO3/c1-13-6-2-3-9(12)10-5-4-8(11)7-14-10/h8,10H,2-7,11H2,1H3/t8-,10+/m1/s1. The van der Waals surface area contributed by atoms with Gasteiger partial charge < -0.3 is 15.2 Å². The fourth-order valence-electron chi connectivity index (χ4n) is 1.58. The van der Waals surface area contributed by atoms with Gasteiger partial charge in [0.05, 0.1) is 6.61 Å². The average molecular weight is 201 g/mol. The average Bonchev–Trinajstić information content (AvgIpc) is 2.19. The highest BCUT2D eigenvalue weighted by atomic mass is 16.5. The molecule has 1 aliphatic heterocycles. The second-order valence-electron chi connectivity index (χ2n) is 3.72. The van der Waals surface area contributed by atoms with Gasteiger partial charge in [-0.05, 0) is 19.3 Å². The van der Waals surface area contributed by atoms with Crippen LogP contribution in [-0.4, -0.2) is 38.3 Å². The van der Waals surface area contributed by atoms with Crippen molar-refractivity contribution in [2.75, 3.05) is 20.3 Å². The second kappa shape index (κ2) is 6.11. The lowest BCUT2D eigenvalue weighted by Gasteiger charge is -2.25. The first-order valence-corrected chi connectivity index (χ1v) is 5.13. The van der Waals surface area contributed by atoms with Crippen molar-refractivity contribution in [1.82, 2.24) is 0 Å². The minimum atomic E-state index is -0.216. The van der Waals surface area contributed by atoms with E-state index in [9.17, 15) is 4.79 Å². The molecule has 2 atom stereocenters. The second-order valence-corrected chi connectivity index (χ2v) is 3.72. The van der Waals surface area contributed by atoms with Crippen LogP contribution in [0, 0.1) is 0 Å². The first-order valence-electron chi connectivity index (χ1n) is 5.13.